The van der Waals surface area contributed by atoms with Crippen molar-refractivity contribution < 1.29 is 19.1 Å². The molecular weight excluding hydrogens is 308 g/mol. The third-order valence-electron chi connectivity index (χ3n) is 3.88. The number of hydrogen-bond acceptors (Lipinski definition) is 5. The molecule has 0 saturated carbocycles. The van der Waals surface area contributed by atoms with Gasteiger partial charge in [-0.3, -0.25) is 14.5 Å². The van der Waals surface area contributed by atoms with E-state index in [-0.39, 0.29) is 18.3 Å². The third-order valence-corrected chi connectivity index (χ3v) is 3.88. The molecule has 0 unspecified atom stereocenters. The van der Waals surface area contributed by atoms with Crippen LogP contribution < -0.4 is 10.1 Å². The number of carbonyl (C=O) groups excluding carboxylic acids is 2. The van der Waals surface area contributed by atoms with Crippen LogP contribution in [-0.4, -0.2) is 56.2 Å². The smallest absolute Gasteiger partial charge is 0.307 e. The molecule has 1 atom stereocenters. The molecule has 2 rings (SSSR count). The van der Waals surface area contributed by atoms with E-state index in [1.54, 1.807) is 14.0 Å². The van der Waals surface area contributed by atoms with Gasteiger partial charge in [-0.25, -0.2) is 0 Å². The Hall–Kier alpha value is -2.34. The number of carbonyl (C=O) groups is 2. The normalized spacial score (nSPS) is 18.4. The maximum Gasteiger partial charge on any atom is 0.307 e. The largest absolute Gasteiger partial charge is 0.496 e. The average Bonchev–Trinajstić information content (AvgIpc) is 2.58. The Morgan fingerprint density at radius 1 is 1.42 bits per heavy atom. The van der Waals surface area contributed by atoms with Crippen LogP contribution in [0.25, 0.3) is 6.08 Å². The highest BCUT2D eigenvalue weighted by Gasteiger charge is 2.31. The molecule has 0 aliphatic carbocycles. The molecule has 1 aromatic carbocycles. The van der Waals surface area contributed by atoms with Gasteiger partial charge in [-0.15, -0.1) is 0 Å². The van der Waals surface area contributed by atoms with E-state index in [0.717, 1.165) is 11.3 Å². The summed E-state index contributed by atoms with van der Waals surface area (Å²) in [4.78, 5) is 25.8. The molecule has 0 spiro atoms. The van der Waals surface area contributed by atoms with E-state index in [1.807, 2.05) is 41.3 Å². The maximum absolute atomic E-state index is 12.1. The highest BCUT2D eigenvalue weighted by molar-refractivity contribution is 5.87. The Labute approximate surface area is 142 Å². The van der Waals surface area contributed by atoms with E-state index < -0.39 is 6.04 Å². The first-order valence-corrected chi connectivity index (χ1v) is 8.12. The Kier molecular flexibility index (Phi) is 6.81. The second-order valence-electron chi connectivity index (χ2n) is 5.46. The molecule has 130 valence electrons. The third kappa shape index (κ3) is 4.83. The molecule has 1 aliphatic heterocycles. The molecule has 24 heavy (non-hydrogen) atoms. The van der Waals surface area contributed by atoms with Crippen LogP contribution in [0.5, 0.6) is 5.75 Å². The van der Waals surface area contributed by atoms with Crippen LogP contribution in [0.15, 0.2) is 30.3 Å². The van der Waals surface area contributed by atoms with Crippen molar-refractivity contribution >= 4 is 18.0 Å². The van der Waals surface area contributed by atoms with E-state index >= 15 is 0 Å². The average molecular weight is 332 g/mol. The molecule has 1 heterocycles. The van der Waals surface area contributed by atoms with Crippen molar-refractivity contribution in [2.45, 2.75) is 19.4 Å². The van der Waals surface area contributed by atoms with Crippen molar-refractivity contribution in [1.82, 2.24) is 10.2 Å². The number of piperazine rings is 1. The zero-order valence-electron chi connectivity index (χ0n) is 14.2. The predicted octanol–water partition coefficient (Wildman–Crippen LogP) is 1.46. The Balaban J connectivity index is 2.01. The lowest BCUT2D eigenvalue weighted by atomic mass is 10.1. The van der Waals surface area contributed by atoms with Gasteiger partial charge in [-0.1, -0.05) is 30.4 Å². The number of nitrogens with one attached hydrogen (secondary N) is 1. The Bertz CT molecular complexity index is 600. The van der Waals surface area contributed by atoms with Gasteiger partial charge >= 0.3 is 5.97 Å². The lowest BCUT2D eigenvalue weighted by molar-refractivity contribution is -0.147. The lowest BCUT2D eigenvalue weighted by Crippen LogP contribution is -2.55. The Morgan fingerprint density at radius 3 is 2.96 bits per heavy atom. The number of benzene rings is 1. The van der Waals surface area contributed by atoms with Crippen molar-refractivity contribution in [1.29, 1.82) is 0 Å². The van der Waals surface area contributed by atoms with Crippen molar-refractivity contribution in [2.24, 2.45) is 0 Å². The van der Waals surface area contributed by atoms with Crippen molar-refractivity contribution in [3.05, 3.63) is 35.9 Å². The van der Waals surface area contributed by atoms with Crippen LogP contribution in [-0.2, 0) is 14.3 Å². The topological polar surface area (TPSA) is 67.9 Å². The number of esters is 1. The number of amides is 1. The van der Waals surface area contributed by atoms with Gasteiger partial charge in [0.05, 0.1) is 26.2 Å². The summed E-state index contributed by atoms with van der Waals surface area (Å²) in [5.41, 5.74) is 0.975. The fourth-order valence-corrected chi connectivity index (χ4v) is 2.70. The standard InChI is InChI=1S/C18H24N2O4/c1-3-24-17(21)13-15-18(22)19-10-12-20(15)11-6-8-14-7-4-5-9-16(14)23-2/h4-9,15H,3,10-13H2,1-2H3,(H,19,22)/b8-6-/t15-/m0/s1. The monoisotopic (exact) mass is 332 g/mol. The van der Waals surface area contributed by atoms with Crippen molar-refractivity contribution in [2.75, 3.05) is 33.4 Å². The highest BCUT2D eigenvalue weighted by Crippen LogP contribution is 2.19. The number of para-hydroxylation sites is 1. The zero-order chi connectivity index (χ0) is 17.4. The fourth-order valence-electron chi connectivity index (χ4n) is 2.70. The molecule has 1 N–H and O–H groups in total. The lowest BCUT2D eigenvalue weighted by Gasteiger charge is -2.33. The van der Waals surface area contributed by atoms with E-state index in [9.17, 15) is 9.59 Å². The summed E-state index contributed by atoms with van der Waals surface area (Å²) in [7, 11) is 1.64. The summed E-state index contributed by atoms with van der Waals surface area (Å²) in [6.07, 6.45) is 4.02. The quantitative estimate of drug-likeness (QED) is 0.766. The number of methoxy groups -OCH3 is 1. The summed E-state index contributed by atoms with van der Waals surface area (Å²) < 4.78 is 10.3. The Morgan fingerprint density at radius 2 is 2.21 bits per heavy atom. The first kappa shape index (κ1) is 18.0. The SMILES string of the molecule is CCOC(=O)C[C@H]1C(=O)NCCN1C/C=C\c1ccccc1OC. The van der Waals surface area contributed by atoms with Crippen LogP contribution in [0.4, 0.5) is 0 Å². The summed E-state index contributed by atoms with van der Waals surface area (Å²) in [5, 5.41) is 2.80. The van der Waals surface area contributed by atoms with Gasteiger partial charge in [0.2, 0.25) is 5.91 Å². The molecule has 1 fully saturated rings. The highest BCUT2D eigenvalue weighted by atomic mass is 16.5. The van der Waals surface area contributed by atoms with Gasteiger partial charge < -0.3 is 14.8 Å². The van der Waals surface area contributed by atoms with E-state index in [1.165, 1.54) is 0 Å². The number of nitrogens with zero attached hydrogens (tertiary/aromatic N) is 1. The van der Waals surface area contributed by atoms with E-state index in [4.69, 9.17) is 9.47 Å². The molecular formula is C18H24N2O4. The molecule has 0 radical (unpaired) electrons. The van der Waals surface area contributed by atoms with Gasteiger partial charge in [0.15, 0.2) is 0 Å². The number of hydrogen-bond donors (Lipinski definition) is 1. The van der Waals surface area contributed by atoms with Crippen LogP contribution in [0.2, 0.25) is 0 Å². The zero-order valence-corrected chi connectivity index (χ0v) is 14.2. The maximum atomic E-state index is 12.1. The van der Waals surface area contributed by atoms with Crippen LogP contribution in [0.1, 0.15) is 18.9 Å². The second-order valence-corrected chi connectivity index (χ2v) is 5.46. The van der Waals surface area contributed by atoms with Gasteiger partial charge in [-0.2, -0.15) is 0 Å². The fraction of sp³-hybridized carbons (Fsp3) is 0.444. The summed E-state index contributed by atoms with van der Waals surface area (Å²) in [6.45, 7) is 3.94. The van der Waals surface area contributed by atoms with Crippen LogP contribution in [0, 0.1) is 0 Å². The summed E-state index contributed by atoms with van der Waals surface area (Å²) >= 11 is 0. The summed E-state index contributed by atoms with van der Waals surface area (Å²) in [6, 6.07) is 7.24. The minimum Gasteiger partial charge on any atom is -0.496 e. The minimum atomic E-state index is -0.486. The molecule has 0 aromatic heterocycles. The predicted molar refractivity (Wildman–Crippen MR) is 91.6 cm³/mol. The number of rotatable bonds is 7. The molecule has 0 bridgehead atoms. The van der Waals surface area contributed by atoms with Crippen LogP contribution >= 0.6 is 0 Å². The van der Waals surface area contributed by atoms with Crippen LogP contribution in [0.3, 0.4) is 0 Å². The van der Waals surface area contributed by atoms with Gasteiger partial charge in [0.1, 0.15) is 5.75 Å². The molecule has 1 saturated heterocycles. The van der Waals surface area contributed by atoms with E-state index in [0.29, 0.717) is 26.2 Å². The number of ether oxygens (including phenoxy) is 2. The first-order chi connectivity index (χ1) is 11.7. The molecule has 6 nitrogen and oxygen atoms in total. The van der Waals surface area contributed by atoms with Gasteiger partial charge in [0, 0.05) is 25.2 Å². The minimum absolute atomic E-state index is 0.0716. The summed E-state index contributed by atoms with van der Waals surface area (Å²) in [5.74, 6) is 0.325. The van der Waals surface area contributed by atoms with Crippen molar-refractivity contribution in [3.8, 4) is 5.75 Å². The molecule has 1 aromatic rings. The molecule has 1 amide bonds. The second kappa shape index (κ2) is 9.08. The van der Waals surface area contributed by atoms with Gasteiger partial charge in [-0.05, 0) is 13.0 Å². The van der Waals surface area contributed by atoms with Crippen molar-refractivity contribution in [3.63, 3.8) is 0 Å². The van der Waals surface area contributed by atoms with Gasteiger partial charge in [0.25, 0.3) is 0 Å². The molecule has 6 heteroatoms. The molecule has 1 aliphatic rings. The first-order valence-electron chi connectivity index (χ1n) is 8.12. The van der Waals surface area contributed by atoms with E-state index in [2.05, 4.69) is 5.32 Å².